The molecule has 2 N–H and O–H groups in total. The van der Waals surface area contributed by atoms with Crippen molar-refractivity contribution in [2.24, 2.45) is 17.6 Å². The van der Waals surface area contributed by atoms with E-state index in [1.165, 1.54) is 18.4 Å². The van der Waals surface area contributed by atoms with E-state index in [0.29, 0.717) is 11.8 Å². The first kappa shape index (κ1) is 19.8. The molecule has 25 heavy (non-hydrogen) atoms. The first-order valence-corrected chi connectivity index (χ1v) is 9.54. The van der Waals surface area contributed by atoms with Crippen LogP contribution < -0.4 is 10.5 Å². The molecule has 0 spiro atoms. The molecule has 1 unspecified atom stereocenters. The van der Waals surface area contributed by atoms with E-state index in [2.05, 4.69) is 39.0 Å². The van der Waals surface area contributed by atoms with E-state index in [9.17, 15) is 4.79 Å². The quantitative estimate of drug-likeness (QED) is 0.525. The van der Waals surface area contributed by atoms with Gasteiger partial charge in [-0.15, -0.1) is 0 Å². The maximum absolute atomic E-state index is 12.1. The molecule has 140 valence electrons. The van der Waals surface area contributed by atoms with Gasteiger partial charge in [0.25, 0.3) is 0 Å². The van der Waals surface area contributed by atoms with E-state index in [-0.39, 0.29) is 12.7 Å². The zero-order valence-electron chi connectivity index (χ0n) is 16.2. The van der Waals surface area contributed by atoms with Gasteiger partial charge in [-0.05, 0) is 47.6 Å². The number of hydrogen-bond acceptors (Lipinski definition) is 4. The van der Waals surface area contributed by atoms with Crippen LogP contribution in [-0.4, -0.2) is 18.8 Å². The summed E-state index contributed by atoms with van der Waals surface area (Å²) in [4.78, 5) is 12.1. The number of esters is 1. The van der Waals surface area contributed by atoms with Crippen LogP contribution in [0.5, 0.6) is 5.75 Å². The summed E-state index contributed by atoms with van der Waals surface area (Å²) in [7, 11) is 0. The van der Waals surface area contributed by atoms with Gasteiger partial charge in [0.1, 0.15) is 11.8 Å². The van der Waals surface area contributed by atoms with Crippen molar-refractivity contribution in [1.82, 2.24) is 0 Å². The van der Waals surface area contributed by atoms with E-state index in [1.54, 1.807) is 0 Å². The van der Waals surface area contributed by atoms with Crippen LogP contribution in [0.3, 0.4) is 0 Å². The molecule has 1 aromatic carbocycles. The fourth-order valence-electron chi connectivity index (χ4n) is 3.13. The number of para-hydroxylation sites is 1. The Morgan fingerprint density at radius 2 is 1.84 bits per heavy atom. The first-order valence-electron chi connectivity index (χ1n) is 9.54. The van der Waals surface area contributed by atoms with Gasteiger partial charge in [-0.25, -0.2) is 0 Å². The van der Waals surface area contributed by atoms with Gasteiger partial charge in [0.05, 0.1) is 0 Å². The number of benzene rings is 1. The van der Waals surface area contributed by atoms with Crippen LogP contribution in [0.1, 0.15) is 76.8 Å². The number of carbonyl (C=O) groups excluding carboxylic acids is 1. The Labute approximate surface area is 152 Å². The van der Waals surface area contributed by atoms with Crippen LogP contribution in [0.25, 0.3) is 0 Å². The molecule has 0 amide bonds. The summed E-state index contributed by atoms with van der Waals surface area (Å²) in [6.07, 6.45) is 3.41. The fourth-order valence-corrected chi connectivity index (χ4v) is 3.13. The van der Waals surface area contributed by atoms with Crippen LogP contribution in [0.4, 0.5) is 0 Å². The lowest BCUT2D eigenvalue weighted by molar-refractivity contribution is -0.153. The SMILES string of the molecule is CCC(C)[C@H](N)C(=O)OCOc1c(C(C)C)cccc1[C@H](C)C1CC1. The summed E-state index contributed by atoms with van der Waals surface area (Å²) in [5.74, 6) is 2.13. The minimum Gasteiger partial charge on any atom is -0.457 e. The Bertz CT molecular complexity index is 581. The van der Waals surface area contributed by atoms with Gasteiger partial charge in [-0.1, -0.05) is 59.2 Å². The smallest absolute Gasteiger partial charge is 0.326 e. The van der Waals surface area contributed by atoms with Gasteiger partial charge in [0.15, 0.2) is 0 Å². The van der Waals surface area contributed by atoms with Gasteiger partial charge >= 0.3 is 5.97 Å². The molecular formula is C21H33NO3. The predicted molar refractivity (Wildman–Crippen MR) is 101 cm³/mol. The average Bonchev–Trinajstić information content (AvgIpc) is 3.44. The lowest BCUT2D eigenvalue weighted by Gasteiger charge is -2.22. The molecule has 0 saturated heterocycles. The van der Waals surface area contributed by atoms with Gasteiger partial charge in [0, 0.05) is 0 Å². The highest BCUT2D eigenvalue weighted by Crippen LogP contribution is 2.46. The molecule has 0 heterocycles. The van der Waals surface area contributed by atoms with E-state index >= 15 is 0 Å². The molecule has 3 atom stereocenters. The highest BCUT2D eigenvalue weighted by Gasteiger charge is 2.31. The lowest BCUT2D eigenvalue weighted by Crippen LogP contribution is -2.38. The number of rotatable bonds is 9. The second-order valence-corrected chi connectivity index (χ2v) is 7.68. The summed E-state index contributed by atoms with van der Waals surface area (Å²) in [5, 5.41) is 0. The van der Waals surface area contributed by atoms with Crippen molar-refractivity contribution >= 4 is 5.97 Å². The molecule has 0 aromatic heterocycles. The number of ether oxygens (including phenoxy) is 2. The Balaban J connectivity index is 2.08. The Morgan fingerprint density at radius 1 is 1.20 bits per heavy atom. The highest BCUT2D eigenvalue weighted by atomic mass is 16.7. The molecule has 0 radical (unpaired) electrons. The van der Waals surface area contributed by atoms with Crippen molar-refractivity contribution in [3.63, 3.8) is 0 Å². The summed E-state index contributed by atoms with van der Waals surface area (Å²) < 4.78 is 11.3. The topological polar surface area (TPSA) is 61.6 Å². The van der Waals surface area contributed by atoms with E-state index < -0.39 is 12.0 Å². The van der Waals surface area contributed by atoms with Gasteiger partial charge in [-0.2, -0.15) is 0 Å². The third-order valence-electron chi connectivity index (χ3n) is 5.45. The molecule has 2 rings (SSSR count). The molecule has 4 nitrogen and oxygen atoms in total. The maximum Gasteiger partial charge on any atom is 0.326 e. The first-order chi connectivity index (χ1) is 11.9. The number of hydrogen-bond donors (Lipinski definition) is 1. The zero-order valence-corrected chi connectivity index (χ0v) is 16.2. The summed E-state index contributed by atoms with van der Waals surface area (Å²) in [6, 6.07) is 5.73. The maximum atomic E-state index is 12.1. The van der Waals surface area contributed by atoms with E-state index in [1.807, 2.05) is 13.8 Å². The minimum absolute atomic E-state index is 0.0862. The Morgan fingerprint density at radius 3 is 2.40 bits per heavy atom. The van der Waals surface area contributed by atoms with Crippen molar-refractivity contribution in [3.05, 3.63) is 29.3 Å². The second-order valence-electron chi connectivity index (χ2n) is 7.68. The van der Waals surface area contributed by atoms with E-state index in [0.717, 1.165) is 23.7 Å². The molecule has 1 aliphatic rings. The fraction of sp³-hybridized carbons (Fsp3) is 0.667. The van der Waals surface area contributed by atoms with Crippen molar-refractivity contribution < 1.29 is 14.3 Å². The van der Waals surface area contributed by atoms with Crippen molar-refractivity contribution in [2.45, 2.75) is 71.8 Å². The molecule has 0 bridgehead atoms. The third kappa shape index (κ3) is 4.97. The molecule has 1 fully saturated rings. The summed E-state index contributed by atoms with van der Waals surface area (Å²) >= 11 is 0. The number of carbonyl (C=O) groups is 1. The predicted octanol–water partition coefficient (Wildman–Crippen LogP) is 4.58. The average molecular weight is 347 g/mol. The number of nitrogens with two attached hydrogens (primary N) is 1. The van der Waals surface area contributed by atoms with E-state index in [4.69, 9.17) is 15.2 Å². The normalized spacial score (nSPS) is 17.9. The van der Waals surface area contributed by atoms with Crippen LogP contribution >= 0.6 is 0 Å². The molecular weight excluding hydrogens is 314 g/mol. The second kappa shape index (κ2) is 8.70. The largest absolute Gasteiger partial charge is 0.457 e. The van der Waals surface area contributed by atoms with Gasteiger partial charge < -0.3 is 15.2 Å². The van der Waals surface area contributed by atoms with Crippen LogP contribution in [0, 0.1) is 11.8 Å². The molecule has 0 aliphatic heterocycles. The lowest BCUT2D eigenvalue weighted by atomic mass is 9.90. The Kier molecular flexibility index (Phi) is 6.88. The summed E-state index contributed by atoms with van der Waals surface area (Å²) in [6.45, 7) is 10.4. The Hall–Kier alpha value is -1.55. The zero-order chi connectivity index (χ0) is 18.6. The van der Waals surface area contributed by atoms with Gasteiger partial charge in [0.2, 0.25) is 6.79 Å². The van der Waals surface area contributed by atoms with Crippen molar-refractivity contribution in [3.8, 4) is 5.75 Å². The van der Waals surface area contributed by atoms with Crippen molar-refractivity contribution in [2.75, 3.05) is 6.79 Å². The molecule has 1 aromatic rings. The molecule has 1 aliphatic carbocycles. The minimum atomic E-state index is -0.598. The van der Waals surface area contributed by atoms with Crippen LogP contribution in [-0.2, 0) is 9.53 Å². The van der Waals surface area contributed by atoms with Crippen molar-refractivity contribution in [1.29, 1.82) is 0 Å². The third-order valence-corrected chi connectivity index (χ3v) is 5.45. The molecule has 4 heteroatoms. The van der Waals surface area contributed by atoms with Crippen LogP contribution in [0.2, 0.25) is 0 Å². The standard InChI is InChI=1S/C21H33NO3/c1-6-14(4)19(22)21(23)25-12-24-20-17(13(2)3)8-7-9-18(20)15(5)16-10-11-16/h7-9,13-16,19H,6,10-12,22H2,1-5H3/t14?,15-,19+/m1/s1. The summed E-state index contributed by atoms with van der Waals surface area (Å²) in [5.41, 5.74) is 8.30. The van der Waals surface area contributed by atoms with Crippen LogP contribution in [0.15, 0.2) is 18.2 Å². The van der Waals surface area contributed by atoms with Gasteiger partial charge in [-0.3, -0.25) is 4.79 Å². The monoisotopic (exact) mass is 347 g/mol. The highest BCUT2D eigenvalue weighted by molar-refractivity contribution is 5.75. The molecule has 1 saturated carbocycles.